The minimum absolute atomic E-state index is 0.613. The van der Waals surface area contributed by atoms with Crippen molar-refractivity contribution >= 4 is 0 Å². The lowest BCUT2D eigenvalue weighted by molar-refractivity contribution is 0.0178. The van der Waals surface area contributed by atoms with Crippen molar-refractivity contribution in [2.75, 3.05) is 6.54 Å². The lowest BCUT2D eigenvalue weighted by Gasteiger charge is -2.54. The molecule has 1 atom stereocenters. The number of hydrogen-bond donors (Lipinski definition) is 1. The first-order valence-electron chi connectivity index (χ1n) is 9.68. The first-order chi connectivity index (χ1) is 11.9. The zero-order valence-electron chi connectivity index (χ0n) is 14.6. The van der Waals surface area contributed by atoms with Gasteiger partial charge in [-0.15, -0.1) is 0 Å². The van der Waals surface area contributed by atoms with Crippen molar-refractivity contribution in [2.45, 2.75) is 56.9 Å². The molecule has 126 valence electrons. The third-order valence-electron chi connectivity index (χ3n) is 6.57. The summed E-state index contributed by atoms with van der Waals surface area (Å²) in [6.07, 6.45) is 9.55. The highest BCUT2D eigenvalue weighted by molar-refractivity contribution is 5.21. The Morgan fingerprint density at radius 3 is 2.04 bits per heavy atom. The highest BCUT2D eigenvalue weighted by Crippen LogP contribution is 2.54. The predicted molar refractivity (Wildman–Crippen MR) is 101 cm³/mol. The second kappa shape index (κ2) is 7.11. The molecule has 2 aromatic carbocycles. The van der Waals surface area contributed by atoms with Crippen LogP contribution in [0.15, 0.2) is 60.7 Å². The van der Waals surface area contributed by atoms with Gasteiger partial charge in [0.1, 0.15) is 0 Å². The van der Waals surface area contributed by atoms with Gasteiger partial charge in [0.2, 0.25) is 0 Å². The summed E-state index contributed by atoms with van der Waals surface area (Å²) in [6, 6.07) is 22.8. The molecule has 0 bridgehead atoms. The summed E-state index contributed by atoms with van der Waals surface area (Å²) in [7, 11) is 0. The minimum atomic E-state index is 0.613. The Kier molecular flexibility index (Phi) is 4.71. The van der Waals surface area contributed by atoms with Gasteiger partial charge in [0.25, 0.3) is 0 Å². The fraction of sp³-hybridized carbons (Fsp3) is 0.478. The summed E-state index contributed by atoms with van der Waals surface area (Å²) in [5, 5.41) is 3.88. The maximum Gasteiger partial charge on any atom is 0.0124 e. The number of rotatable bonds is 5. The van der Waals surface area contributed by atoms with Gasteiger partial charge in [0.05, 0.1) is 0 Å². The molecule has 24 heavy (non-hydrogen) atoms. The standard InChI is InChI=1S/C23H29N/c1-3-7-19(8-4-1)14-18-24-22-13-17-23(22)15-11-21(12-16-23)20-9-5-2-6-10-20/h1-10,21-22,24H,11-18H2/t21?,22-,23?/m0/s1. The summed E-state index contributed by atoms with van der Waals surface area (Å²) in [4.78, 5) is 0. The lowest BCUT2D eigenvalue weighted by atomic mass is 9.55. The van der Waals surface area contributed by atoms with Crippen molar-refractivity contribution in [3.05, 3.63) is 71.8 Å². The number of nitrogens with one attached hydrogen (secondary N) is 1. The molecule has 4 rings (SSSR count). The van der Waals surface area contributed by atoms with Crippen molar-refractivity contribution in [3.8, 4) is 0 Å². The monoisotopic (exact) mass is 319 g/mol. The topological polar surface area (TPSA) is 12.0 Å². The van der Waals surface area contributed by atoms with E-state index in [0.717, 1.165) is 24.9 Å². The van der Waals surface area contributed by atoms with Gasteiger partial charge in [-0.05, 0) is 74.0 Å². The van der Waals surface area contributed by atoms with Gasteiger partial charge in [0.15, 0.2) is 0 Å². The van der Waals surface area contributed by atoms with Crippen molar-refractivity contribution in [1.29, 1.82) is 0 Å². The van der Waals surface area contributed by atoms with Gasteiger partial charge in [-0.1, -0.05) is 60.7 Å². The molecule has 0 amide bonds. The molecule has 2 saturated carbocycles. The van der Waals surface area contributed by atoms with E-state index in [1.807, 2.05) is 0 Å². The Labute approximate surface area is 146 Å². The van der Waals surface area contributed by atoms with Crippen LogP contribution in [0, 0.1) is 5.41 Å². The smallest absolute Gasteiger partial charge is 0.0124 e. The summed E-state index contributed by atoms with van der Waals surface area (Å²) >= 11 is 0. The quantitative estimate of drug-likeness (QED) is 0.786. The van der Waals surface area contributed by atoms with E-state index in [0.29, 0.717) is 5.41 Å². The average molecular weight is 319 g/mol. The molecular formula is C23H29N. The van der Waals surface area contributed by atoms with Gasteiger partial charge in [-0.2, -0.15) is 0 Å². The van der Waals surface area contributed by atoms with E-state index in [2.05, 4.69) is 66.0 Å². The first kappa shape index (κ1) is 15.9. The van der Waals surface area contributed by atoms with Crippen LogP contribution in [0.5, 0.6) is 0 Å². The van der Waals surface area contributed by atoms with Crippen molar-refractivity contribution < 1.29 is 0 Å². The van der Waals surface area contributed by atoms with Crippen LogP contribution in [-0.2, 0) is 6.42 Å². The van der Waals surface area contributed by atoms with Crippen LogP contribution >= 0.6 is 0 Å². The van der Waals surface area contributed by atoms with Gasteiger partial charge in [-0.25, -0.2) is 0 Å². The average Bonchev–Trinajstić information content (AvgIpc) is 2.66. The van der Waals surface area contributed by atoms with Crippen molar-refractivity contribution in [3.63, 3.8) is 0 Å². The summed E-state index contributed by atoms with van der Waals surface area (Å²) in [6.45, 7) is 1.12. The molecule has 0 aromatic heterocycles. The van der Waals surface area contributed by atoms with E-state index in [-0.39, 0.29) is 0 Å². The molecule has 1 spiro atoms. The molecule has 1 heteroatoms. The maximum absolute atomic E-state index is 3.88. The molecular weight excluding hydrogens is 290 g/mol. The minimum Gasteiger partial charge on any atom is -0.313 e. The van der Waals surface area contributed by atoms with Crippen LogP contribution in [0.25, 0.3) is 0 Å². The third-order valence-corrected chi connectivity index (χ3v) is 6.57. The molecule has 0 radical (unpaired) electrons. The summed E-state index contributed by atoms with van der Waals surface area (Å²) < 4.78 is 0. The van der Waals surface area contributed by atoms with Crippen LogP contribution < -0.4 is 5.32 Å². The van der Waals surface area contributed by atoms with Crippen molar-refractivity contribution in [1.82, 2.24) is 5.32 Å². The second-order valence-electron chi connectivity index (χ2n) is 7.83. The molecule has 0 unspecified atom stereocenters. The fourth-order valence-electron chi connectivity index (χ4n) is 4.90. The first-order valence-corrected chi connectivity index (χ1v) is 9.68. The Balaban J connectivity index is 1.28. The van der Waals surface area contributed by atoms with E-state index in [1.54, 1.807) is 5.56 Å². The molecule has 0 saturated heterocycles. The maximum atomic E-state index is 3.88. The molecule has 2 aliphatic carbocycles. The Bertz CT molecular complexity index is 626. The second-order valence-corrected chi connectivity index (χ2v) is 7.83. The predicted octanol–water partition coefficient (Wildman–Crippen LogP) is 5.33. The zero-order chi connectivity index (χ0) is 16.2. The molecule has 2 aliphatic rings. The Morgan fingerprint density at radius 1 is 0.792 bits per heavy atom. The highest BCUT2D eigenvalue weighted by Gasteiger charge is 2.47. The van der Waals surface area contributed by atoms with E-state index in [9.17, 15) is 0 Å². The Hall–Kier alpha value is -1.60. The molecule has 0 heterocycles. The van der Waals surface area contributed by atoms with E-state index < -0.39 is 0 Å². The largest absolute Gasteiger partial charge is 0.313 e. The van der Waals surface area contributed by atoms with Gasteiger partial charge in [-0.3, -0.25) is 0 Å². The van der Waals surface area contributed by atoms with Gasteiger partial charge in [0, 0.05) is 6.04 Å². The van der Waals surface area contributed by atoms with Crippen LogP contribution in [0.4, 0.5) is 0 Å². The summed E-state index contributed by atoms with van der Waals surface area (Å²) in [5.74, 6) is 0.794. The fourth-order valence-corrected chi connectivity index (χ4v) is 4.90. The lowest BCUT2D eigenvalue weighted by Crippen LogP contribution is -2.55. The SMILES string of the molecule is c1ccc(CCN[C@H]2CCC23CCC(c2ccccc2)CC3)cc1. The molecule has 2 fully saturated rings. The summed E-state index contributed by atoms with van der Waals surface area (Å²) in [5.41, 5.74) is 3.62. The molecule has 1 nitrogen and oxygen atoms in total. The van der Waals surface area contributed by atoms with Crippen LogP contribution in [-0.4, -0.2) is 12.6 Å². The van der Waals surface area contributed by atoms with Crippen LogP contribution in [0.1, 0.15) is 55.6 Å². The van der Waals surface area contributed by atoms with Crippen LogP contribution in [0.2, 0.25) is 0 Å². The number of hydrogen-bond acceptors (Lipinski definition) is 1. The normalized spacial score (nSPS) is 29.3. The van der Waals surface area contributed by atoms with Gasteiger partial charge >= 0.3 is 0 Å². The van der Waals surface area contributed by atoms with E-state index >= 15 is 0 Å². The van der Waals surface area contributed by atoms with Crippen molar-refractivity contribution in [2.24, 2.45) is 5.41 Å². The molecule has 2 aromatic rings. The van der Waals surface area contributed by atoms with Crippen LogP contribution in [0.3, 0.4) is 0 Å². The highest BCUT2D eigenvalue weighted by atomic mass is 15.0. The van der Waals surface area contributed by atoms with E-state index in [1.165, 1.54) is 44.1 Å². The van der Waals surface area contributed by atoms with E-state index in [4.69, 9.17) is 0 Å². The molecule has 1 N–H and O–H groups in total. The number of benzene rings is 2. The van der Waals surface area contributed by atoms with Gasteiger partial charge < -0.3 is 5.32 Å². The Morgan fingerprint density at radius 2 is 1.42 bits per heavy atom. The zero-order valence-corrected chi connectivity index (χ0v) is 14.6. The molecule has 0 aliphatic heterocycles. The third kappa shape index (κ3) is 3.28.